The molecule has 0 fully saturated rings. The van der Waals surface area contributed by atoms with Crippen molar-refractivity contribution in [2.75, 3.05) is 20.0 Å². The van der Waals surface area contributed by atoms with Crippen LogP contribution < -0.4 is 15.2 Å². The summed E-state index contributed by atoms with van der Waals surface area (Å²) in [7, 11) is 1.84. The number of benzene rings is 1. The fraction of sp³-hybridized carbons (Fsp3) is 0.267. The molecule has 112 valence electrons. The van der Waals surface area contributed by atoms with Crippen LogP contribution in [0.5, 0.6) is 11.5 Å². The lowest BCUT2D eigenvalue weighted by atomic mass is 10.2. The monoisotopic (exact) mass is 306 g/mol. The second-order valence-electron chi connectivity index (χ2n) is 4.45. The highest BCUT2D eigenvalue weighted by Gasteiger charge is 2.16. The van der Waals surface area contributed by atoms with E-state index < -0.39 is 10.8 Å². The Kier molecular flexibility index (Phi) is 4.80. The van der Waals surface area contributed by atoms with E-state index in [1.165, 1.54) is 7.11 Å². The Labute approximate surface area is 126 Å². The summed E-state index contributed by atoms with van der Waals surface area (Å²) in [5.41, 5.74) is 7.92. The fourth-order valence-electron chi connectivity index (χ4n) is 2.03. The molecule has 1 unspecified atom stereocenters. The number of anilines is 1. The highest BCUT2D eigenvalue weighted by atomic mass is 32.2. The Morgan fingerprint density at radius 3 is 2.67 bits per heavy atom. The minimum atomic E-state index is -1.26. The lowest BCUT2D eigenvalue weighted by Crippen LogP contribution is -2.05. The summed E-state index contributed by atoms with van der Waals surface area (Å²) in [6.45, 7) is 1.86. The van der Waals surface area contributed by atoms with Gasteiger partial charge in [0.1, 0.15) is 0 Å². The molecule has 21 heavy (non-hydrogen) atoms. The molecule has 0 saturated carbocycles. The molecule has 5 nitrogen and oxygen atoms in total. The van der Waals surface area contributed by atoms with Crippen molar-refractivity contribution in [2.24, 2.45) is 0 Å². The lowest BCUT2D eigenvalue weighted by molar-refractivity contribution is 0.350. The van der Waals surface area contributed by atoms with Crippen molar-refractivity contribution in [1.29, 1.82) is 0 Å². The van der Waals surface area contributed by atoms with Crippen LogP contribution in [0.25, 0.3) is 0 Å². The van der Waals surface area contributed by atoms with Crippen LogP contribution >= 0.6 is 0 Å². The summed E-state index contributed by atoms with van der Waals surface area (Å²) >= 11 is 0. The van der Waals surface area contributed by atoms with Gasteiger partial charge in [0, 0.05) is 22.8 Å². The van der Waals surface area contributed by atoms with E-state index >= 15 is 0 Å². The summed E-state index contributed by atoms with van der Waals surface area (Å²) < 4.78 is 23.1. The maximum atomic E-state index is 12.6. The quantitative estimate of drug-likeness (QED) is 0.858. The first-order valence-corrected chi connectivity index (χ1v) is 7.69. The Morgan fingerprint density at radius 1 is 1.24 bits per heavy atom. The third kappa shape index (κ3) is 3.16. The van der Waals surface area contributed by atoms with Gasteiger partial charge in [-0.3, -0.25) is 9.19 Å². The van der Waals surface area contributed by atoms with Crippen molar-refractivity contribution in [3.63, 3.8) is 0 Å². The predicted molar refractivity (Wildman–Crippen MR) is 83.0 cm³/mol. The third-order valence-electron chi connectivity index (χ3n) is 3.21. The minimum absolute atomic E-state index is 0.241. The second kappa shape index (κ2) is 6.58. The van der Waals surface area contributed by atoms with E-state index in [1.807, 2.05) is 13.0 Å². The van der Waals surface area contributed by atoms with Crippen LogP contribution in [0.4, 0.5) is 5.69 Å². The van der Waals surface area contributed by atoms with Crippen LogP contribution in [0, 0.1) is 6.92 Å². The number of hydrogen-bond donors (Lipinski definition) is 1. The number of ether oxygens (including phenoxy) is 2. The fourth-order valence-corrected chi connectivity index (χ4v) is 3.33. The van der Waals surface area contributed by atoms with E-state index in [9.17, 15) is 4.21 Å². The van der Waals surface area contributed by atoms with Gasteiger partial charge in [-0.25, -0.2) is 0 Å². The summed E-state index contributed by atoms with van der Waals surface area (Å²) in [5.74, 6) is 1.32. The van der Waals surface area contributed by atoms with Gasteiger partial charge in [-0.1, -0.05) is 6.07 Å². The van der Waals surface area contributed by atoms with E-state index in [1.54, 1.807) is 31.5 Å². The number of rotatable bonds is 5. The molecule has 0 bridgehead atoms. The molecule has 0 aliphatic heterocycles. The van der Waals surface area contributed by atoms with Gasteiger partial charge in [0.05, 0.1) is 36.5 Å². The molecular formula is C15H18N2O3S. The molecule has 6 heteroatoms. The maximum absolute atomic E-state index is 12.6. The van der Waals surface area contributed by atoms with Gasteiger partial charge in [-0.05, 0) is 24.6 Å². The number of aromatic nitrogens is 1. The molecule has 0 saturated heterocycles. The average molecular weight is 306 g/mol. The molecule has 1 atom stereocenters. The van der Waals surface area contributed by atoms with Crippen molar-refractivity contribution >= 4 is 16.5 Å². The van der Waals surface area contributed by atoms with Gasteiger partial charge in [0.25, 0.3) is 0 Å². The highest BCUT2D eigenvalue weighted by molar-refractivity contribution is 7.84. The summed E-state index contributed by atoms with van der Waals surface area (Å²) in [6.07, 6.45) is 1.61. The van der Waals surface area contributed by atoms with E-state index in [0.717, 1.165) is 5.56 Å². The molecule has 0 amide bonds. The Bertz CT molecular complexity index is 674. The van der Waals surface area contributed by atoms with E-state index in [2.05, 4.69) is 4.98 Å². The zero-order valence-corrected chi connectivity index (χ0v) is 13.1. The Hall–Kier alpha value is -2.08. The first kappa shape index (κ1) is 15.3. The topological polar surface area (TPSA) is 74.4 Å². The molecule has 2 aromatic rings. The molecule has 0 radical (unpaired) electrons. The van der Waals surface area contributed by atoms with E-state index in [-0.39, 0.29) is 5.75 Å². The first-order chi connectivity index (χ1) is 10.1. The molecule has 1 heterocycles. The number of methoxy groups -OCH3 is 2. The Balaban J connectivity index is 2.34. The van der Waals surface area contributed by atoms with Crippen LogP contribution in [-0.2, 0) is 16.6 Å². The van der Waals surface area contributed by atoms with Crippen molar-refractivity contribution in [3.8, 4) is 11.5 Å². The summed E-state index contributed by atoms with van der Waals surface area (Å²) in [6, 6.07) is 7.11. The zero-order valence-electron chi connectivity index (χ0n) is 12.3. The van der Waals surface area contributed by atoms with Crippen molar-refractivity contribution < 1.29 is 13.7 Å². The van der Waals surface area contributed by atoms with Gasteiger partial charge in [-0.2, -0.15) is 0 Å². The van der Waals surface area contributed by atoms with Gasteiger partial charge in [0.15, 0.2) is 11.5 Å². The number of pyridine rings is 1. The lowest BCUT2D eigenvalue weighted by Gasteiger charge is -2.12. The van der Waals surface area contributed by atoms with E-state index in [4.69, 9.17) is 15.2 Å². The standard InChI is InChI=1S/C15H18N2O3S/c1-10-11(16)5-4-6-14(10)21(18)9-12-15(20-3)13(19-2)7-8-17-12/h4-8H,9,16H2,1-3H3. The third-order valence-corrected chi connectivity index (χ3v) is 4.67. The van der Waals surface area contributed by atoms with Crippen LogP contribution in [0.15, 0.2) is 35.4 Å². The molecule has 1 aromatic carbocycles. The van der Waals surface area contributed by atoms with Gasteiger partial charge >= 0.3 is 0 Å². The molecule has 0 spiro atoms. The summed E-state index contributed by atoms with van der Waals surface area (Å²) in [5, 5.41) is 0. The SMILES string of the molecule is COc1ccnc(CS(=O)c2cccc(N)c2C)c1OC. The average Bonchev–Trinajstić information content (AvgIpc) is 2.49. The number of nitrogens with zero attached hydrogens (tertiary/aromatic N) is 1. The van der Waals surface area contributed by atoms with Crippen LogP contribution in [-0.4, -0.2) is 23.4 Å². The van der Waals surface area contributed by atoms with Crippen LogP contribution in [0.2, 0.25) is 0 Å². The molecule has 2 rings (SSSR count). The minimum Gasteiger partial charge on any atom is -0.493 e. The van der Waals surface area contributed by atoms with Crippen LogP contribution in [0.1, 0.15) is 11.3 Å². The molecule has 0 aliphatic carbocycles. The molecule has 1 aromatic heterocycles. The second-order valence-corrected chi connectivity index (χ2v) is 5.87. The zero-order chi connectivity index (χ0) is 15.4. The molecule has 2 N–H and O–H groups in total. The smallest absolute Gasteiger partial charge is 0.183 e. The largest absolute Gasteiger partial charge is 0.493 e. The van der Waals surface area contributed by atoms with Gasteiger partial charge in [0.2, 0.25) is 0 Å². The highest BCUT2D eigenvalue weighted by Crippen LogP contribution is 2.31. The molecule has 0 aliphatic rings. The first-order valence-electron chi connectivity index (χ1n) is 6.37. The Morgan fingerprint density at radius 2 is 2.00 bits per heavy atom. The van der Waals surface area contributed by atoms with E-state index in [0.29, 0.717) is 27.8 Å². The number of nitrogens with two attached hydrogens (primary N) is 1. The van der Waals surface area contributed by atoms with Gasteiger partial charge < -0.3 is 15.2 Å². The number of nitrogen functional groups attached to an aromatic ring is 1. The normalized spacial score (nSPS) is 12.0. The van der Waals surface area contributed by atoms with Crippen molar-refractivity contribution in [2.45, 2.75) is 17.6 Å². The predicted octanol–water partition coefficient (Wildman–Crippen LogP) is 2.30. The maximum Gasteiger partial charge on any atom is 0.183 e. The van der Waals surface area contributed by atoms with Crippen LogP contribution in [0.3, 0.4) is 0 Å². The van der Waals surface area contributed by atoms with Gasteiger partial charge in [-0.15, -0.1) is 0 Å². The molecular weight excluding hydrogens is 288 g/mol. The van der Waals surface area contributed by atoms with Crippen molar-refractivity contribution in [1.82, 2.24) is 4.98 Å². The summed E-state index contributed by atoms with van der Waals surface area (Å²) in [4.78, 5) is 4.96. The van der Waals surface area contributed by atoms with Crippen molar-refractivity contribution in [3.05, 3.63) is 41.7 Å². The number of hydrogen-bond acceptors (Lipinski definition) is 5.